The number of likely N-dealkylation sites (tertiary alicyclic amines) is 1. The molecule has 26 heavy (non-hydrogen) atoms. The van der Waals surface area contributed by atoms with Crippen molar-refractivity contribution >= 4 is 11.8 Å². The molecule has 0 spiro atoms. The Kier molecular flexibility index (Phi) is 6.94. The summed E-state index contributed by atoms with van der Waals surface area (Å²) in [5.41, 5.74) is 0.286. The smallest absolute Gasteiger partial charge is 0.274 e. The van der Waals surface area contributed by atoms with Crippen LogP contribution in [0, 0.1) is 0 Å². The number of nitrogens with zero attached hydrogens (tertiary/aromatic N) is 3. The maximum absolute atomic E-state index is 12.7. The Hall–Kier alpha value is -2.02. The van der Waals surface area contributed by atoms with Crippen molar-refractivity contribution in [2.45, 2.75) is 57.5 Å². The van der Waals surface area contributed by atoms with E-state index in [-0.39, 0.29) is 23.2 Å². The Balaban J connectivity index is 1.49. The molecular weight excluding hydrogens is 332 g/mol. The lowest BCUT2D eigenvalue weighted by Gasteiger charge is -2.26. The Labute approximate surface area is 154 Å². The highest BCUT2D eigenvalue weighted by atomic mass is 16.5. The van der Waals surface area contributed by atoms with Crippen LogP contribution in [0.3, 0.4) is 0 Å². The van der Waals surface area contributed by atoms with E-state index in [1.807, 2.05) is 0 Å². The minimum atomic E-state index is -0.324. The number of ether oxygens (including phenoxy) is 1. The molecule has 1 aromatic heterocycles. The maximum Gasteiger partial charge on any atom is 0.274 e. The number of hydrogen-bond donors (Lipinski definition) is 1. The van der Waals surface area contributed by atoms with Crippen LogP contribution >= 0.6 is 0 Å². The van der Waals surface area contributed by atoms with E-state index < -0.39 is 0 Å². The maximum atomic E-state index is 12.7. The summed E-state index contributed by atoms with van der Waals surface area (Å²) in [7, 11) is 0. The number of carbonyl (C=O) groups excluding carboxylic acids is 2. The van der Waals surface area contributed by atoms with Crippen molar-refractivity contribution in [3.05, 3.63) is 23.8 Å². The Morgan fingerprint density at radius 1 is 1.08 bits per heavy atom. The van der Waals surface area contributed by atoms with Gasteiger partial charge in [0.25, 0.3) is 11.8 Å². The molecule has 3 heterocycles. The summed E-state index contributed by atoms with van der Waals surface area (Å²) in [5, 5.41) is 2.87. The molecule has 0 aromatic carbocycles. The quantitative estimate of drug-likeness (QED) is 0.754. The van der Waals surface area contributed by atoms with Crippen LogP contribution in [0.5, 0.6) is 0 Å². The van der Waals surface area contributed by atoms with Crippen LogP contribution in [-0.2, 0) is 4.74 Å². The van der Waals surface area contributed by atoms with Crippen LogP contribution in [0.25, 0.3) is 0 Å². The van der Waals surface area contributed by atoms with E-state index in [1.165, 1.54) is 12.4 Å². The van der Waals surface area contributed by atoms with Gasteiger partial charge in [0.15, 0.2) is 11.4 Å². The van der Waals surface area contributed by atoms with E-state index in [0.29, 0.717) is 12.6 Å². The number of nitrogens with one attached hydrogen (secondary N) is 1. The molecule has 3 rings (SSSR count). The molecule has 142 valence electrons. The Morgan fingerprint density at radius 3 is 2.58 bits per heavy atom. The Bertz CT molecular complexity index is 611. The number of piperidine rings is 1. The topological polar surface area (TPSA) is 84.4 Å². The zero-order valence-electron chi connectivity index (χ0n) is 15.3. The summed E-state index contributed by atoms with van der Waals surface area (Å²) in [6.07, 6.45) is 11.7. The summed E-state index contributed by atoms with van der Waals surface area (Å²) in [6.45, 7) is 2.89. The number of amides is 2. The number of carbonyl (C=O) groups is 2. The lowest BCUT2D eigenvalue weighted by atomic mass is 10.1. The van der Waals surface area contributed by atoms with Crippen LogP contribution in [-0.4, -0.2) is 59.0 Å². The molecule has 0 saturated carbocycles. The first kappa shape index (κ1) is 18.8. The molecule has 2 aliphatic heterocycles. The van der Waals surface area contributed by atoms with Crippen LogP contribution in [0.4, 0.5) is 0 Å². The first-order valence-electron chi connectivity index (χ1n) is 9.76. The molecule has 7 heteroatoms. The summed E-state index contributed by atoms with van der Waals surface area (Å²) in [4.78, 5) is 35.2. The minimum absolute atomic E-state index is 0.127. The molecule has 1 N–H and O–H groups in total. The van der Waals surface area contributed by atoms with Crippen LogP contribution in [0.1, 0.15) is 72.3 Å². The molecule has 0 bridgehead atoms. The van der Waals surface area contributed by atoms with Crippen molar-refractivity contribution in [1.29, 1.82) is 0 Å². The third-order valence-electron chi connectivity index (χ3n) is 5.02. The van der Waals surface area contributed by atoms with E-state index in [4.69, 9.17) is 4.74 Å². The third kappa shape index (κ3) is 5.00. The van der Waals surface area contributed by atoms with Gasteiger partial charge >= 0.3 is 0 Å². The second kappa shape index (κ2) is 9.62. The SMILES string of the molecule is O=C(NCCCC[C@@H]1CCCO1)c1nccnc1C(=O)N1CCCCC1. The Morgan fingerprint density at radius 2 is 1.85 bits per heavy atom. The zero-order chi connectivity index (χ0) is 18.2. The molecule has 0 unspecified atom stereocenters. The highest BCUT2D eigenvalue weighted by molar-refractivity contribution is 6.04. The largest absolute Gasteiger partial charge is 0.378 e. The molecule has 2 fully saturated rings. The molecule has 2 aliphatic rings. The predicted octanol–water partition coefficient (Wildman–Crippen LogP) is 2.18. The second-order valence-corrected chi connectivity index (χ2v) is 6.99. The molecule has 0 radical (unpaired) electrons. The molecule has 2 saturated heterocycles. The summed E-state index contributed by atoms with van der Waals surface area (Å²) >= 11 is 0. The number of hydrogen-bond acceptors (Lipinski definition) is 5. The molecule has 2 amide bonds. The van der Waals surface area contributed by atoms with Crippen molar-refractivity contribution in [3.63, 3.8) is 0 Å². The van der Waals surface area contributed by atoms with Crippen molar-refractivity contribution in [1.82, 2.24) is 20.2 Å². The van der Waals surface area contributed by atoms with Gasteiger partial charge in [0.1, 0.15) is 0 Å². The molecule has 1 atom stereocenters. The van der Waals surface area contributed by atoms with Crippen molar-refractivity contribution in [3.8, 4) is 0 Å². The fourth-order valence-corrected chi connectivity index (χ4v) is 3.56. The van der Waals surface area contributed by atoms with Crippen molar-refractivity contribution in [2.75, 3.05) is 26.2 Å². The molecule has 0 aliphatic carbocycles. The fraction of sp³-hybridized carbons (Fsp3) is 0.684. The highest BCUT2D eigenvalue weighted by Crippen LogP contribution is 2.17. The van der Waals surface area contributed by atoms with E-state index in [0.717, 1.165) is 71.1 Å². The fourth-order valence-electron chi connectivity index (χ4n) is 3.56. The van der Waals surface area contributed by atoms with Gasteiger partial charge < -0.3 is 15.0 Å². The van der Waals surface area contributed by atoms with Gasteiger partial charge in [0, 0.05) is 38.6 Å². The number of unbranched alkanes of at least 4 members (excludes halogenated alkanes) is 1. The van der Waals surface area contributed by atoms with Gasteiger partial charge in [-0.25, -0.2) is 9.97 Å². The third-order valence-corrected chi connectivity index (χ3v) is 5.02. The average molecular weight is 360 g/mol. The molecule has 1 aromatic rings. The lowest BCUT2D eigenvalue weighted by Crippen LogP contribution is -2.38. The zero-order valence-corrected chi connectivity index (χ0v) is 15.3. The van der Waals surface area contributed by atoms with Crippen LogP contribution < -0.4 is 5.32 Å². The van der Waals surface area contributed by atoms with Gasteiger partial charge in [-0.15, -0.1) is 0 Å². The number of rotatable bonds is 7. The second-order valence-electron chi connectivity index (χ2n) is 6.99. The average Bonchev–Trinajstić information content (AvgIpc) is 3.21. The summed E-state index contributed by atoms with van der Waals surface area (Å²) in [5.74, 6) is -0.517. The van der Waals surface area contributed by atoms with Gasteiger partial charge in [-0.1, -0.05) is 0 Å². The molecule has 7 nitrogen and oxygen atoms in total. The van der Waals surface area contributed by atoms with Gasteiger partial charge in [-0.2, -0.15) is 0 Å². The minimum Gasteiger partial charge on any atom is -0.378 e. The molecular formula is C19H28N4O3. The lowest BCUT2D eigenvalue weighted by molar-refractivity contribution is 0.0711. The van der Waals surface area contributed by atoms with Crippen molar-refractivity contribution in [2.24, 2.45) is 0 Å². The van der Waals surface area contributed by atoms with E-state index >= 15 is 0 Å². The first-order chi connectivity index (χ1) is 12.8. The van der Waals surface area contributed by atoms with Gasteiger partial charge in [0.05, 0.1) is 6.10 Å². The van der Waals surface area contributed by atoms with Crippen LogP contribution in [0.15, 0.2) is 12.4 Å². The predicted molar refractivity (Wildman–Crippen MR) is 96.9 cm³/mol. The van der Waals surface area contributed by atoms with E-state index in [9.17, 15) is 9.59 Å². The number of aromatic nitrogens is 2. The normalized spacial score (nSPS) is 20.2. The highest BCUT2D eigenvalue weighted by Gasteiger charge is 2.25. The van der Waals surface area contributed by atoms with Gasteiger partial charge in [0.2, 0.25) is 0 Å². The monoisotopic (exact) mass is 360 g/mol. The van der Waals surface area contributed by atoms with Gasteiger partial charge in [-0.05, 0) is 51.4 Å². The first-order valence-corrected chi connectivity index (χ1v) is 9.76. The van der Waals surface area contributed by atoms with E-state index in [2.05, 4.69) is 15.3 Å². The summed E-state index contributed by atoms with van der Waals surface area (Å²) in [6, 6.07) is 0. The van der Waals surface area contributed by atoms with Crippen LogP contribution in [0.2, 0.25) is 0 Å². The van der Waals surface area contributed by atoms with E-state index in [1.54, 1.807) is 4.90 Å². The standard InChI is InChI=1S/C19H28N4O3/c24-18(22-9-3-2-7-15-8-6-14-26-15)16-17(21-11-10-20-16)19(25)23-12-4-1-5-13-23/h10-11,15H,1-9,12-14H2,(H,22,24)/t15-/m1/s1. The van der Waals surface area contributed by atoms with Gasteiger partial charge in [-0.3, -0.25) is 9.59 Å². The van der Waals surface area contributed by atoms with Crippen molar-refractivity contribution < 1.29 is 14.3 Å². The summed E-state index contributed by atoms with van der Waals surface area (Å²) < 4.78 is 5.60.